The maximum absolute atomic E-state index is 13.0. The van der Waals surface area contributed by atoms with Gasteiger partial charge in [-0.05, 0) is 42.3 Å². The van der Waals surface area contributed by atoms with Crippen LogP contribution in [-0.4, -0.2) is 25.9 Å². The molecule has 2 aromatic rings. The van der Waals surface area contributed by atoms with E-state index in [-0.39, 0.29) is 5.82 Å². The molecule has 0 aromatic heterocycles. The molecule has 0 aliphatic heterocycles. The summed E-state index contributed by atoms with van der Waals surface area (Å²) in [5.74, 6) is 1.11. The Morgan fingerprint density at radius 1 is 1.04 bits per heavy atom. The van der Waals surface area contributed by atoms with Crippen molar-refractivity contribution in [1.82, 2.24) is 5.32 Å². The summed E-state index contributed by atoms with van der Waals surface area (Å²) in [7, 11) is 3.20. The summed E-state index contributed by atoms with van der Waals surface area (Å²) < 4.78 is 23.4. The molecular weight excluding hydrogens is 297 g/mol. The van der Waals surface area contributed by atoms with E-state index in [0.717, 1.165) is 5.56 Å². The molecule has 0 heterocycles. The smallest absolute Gasteiger partial charge is 0.123 e. The minimum atomic E-state index is -1.09. The van der Waals surface area contributed by atoms with E-state index in [9.17, 15) is 9.50 Å². The second kappa shape index (κ2) is 7.44. The number of ether oxygens (including phenoxy) is 2. The van der Waals surface area contributed by atoms with Crippen LogP contribution in [0.3, 0.4) is 0 Å². The van der Waals surface area contributed by atoms with Crippen LogP contribution in [0, 0.1) is 5.82 Å². The van der Waals surface area contributed by atoms with Crippen LogP contribution < -0.4 is 14.8 Å². The highest BCUT2D eigenvalue weighted by Crippen LogP contribution is 2.23. The summed E-state index contributed by atoms with van der Waals surface area (Å²) in [6, 6.07) is 11.5. The molecule has 0 saturated heterocycles. The van der Waals surface area contributed by atoms with E-state index in [2.05, 4.69) is 5.32 Å². The molecule has 0 amide bonds. The predicted molar refractivity (Wildman–Crippen MR) is 87.2 cm³/mol. The molecule has 2 N–H and O–H groups in total. The van der Waals surface area contributed by atoms with Crippen molar-refractivity contribution in [3.8, 4) is 11.5 Å². The Kier molecular flexibility index (Phi) is 5.58. The van der Waals surface area contributed by atoms with Crippen LogP contribution in [0.2, 0.25) is 0 Å². The average molecular weight is 319 g/mol. The Labute approximate surface area is 135 Å². The first-order valence-electron chi connectivity index (χ1n) is 7.35. The van der Waals surface area contributed by atoms with Gasteiger partial charge in [0.1, 0.15) is 17.3 Å². The minimum Gasteiger partial charge on any atom is -0.497 e. The second-order valence-electron chi connectivity index (χ2n) is 5.61. The quantitative estimate of drug-likeness (QED) is 0.824. The molecule has 124 valence electrons. The van der Waals surface area contributed by atoms with Crippen molar-refractivity contribution in [2.24, 2.45) is 0 Å². The van der Waals surface area contributed by atoms with E-state index in [1.54, 1.807) is 39.3 Å². The Hall–Kier alpha value is -2.11. The average Bonchev–Trinajstić information content (AvgIpc) is 2.54. The largest absolute Gasteiger partial charge is 0.497 e. The predicted octanol–water partition coefficient (Wildman–Crippen LogP) is 2.84. The van der Waals surface area contributed by atoms with Gasteiger partial charge in [0.25, 0.3) is 0 Å². The van der Waals surface area contributed by atoms with Gasteiger partial charge in [-0.1, -0.05) is 12.1 Å². The molecule has 1 unspecified atom stereocenters. The zero-order chi connectivity index (χ0) is 16.9. The lowest BCUT2D eigenvalue weighted by Gasteiger charge is -2.24. The summed E-state index contributed by atoms with van der Waals surface area (Å²) >= 11 is 0. The van der Waals surface area contributed by atoms with Crippen molar-refractivity contribution >= 4 is 0 Å². The number of hydrogen-bond acceptors (Lipinski definition) is 4. The lowest BCUT2D eigenvalue weighted by atomic mass is 9.96. The maximum atomic E-state index is 13.0. The standard InChI is InChI=1S/C18H22FNO3/c1-18(21,14-4-6-15(19)7-5-14)12-20-11-13-8-16(22-2)10-17(9-13)23-3/h4-10,20-21H,11-12H2,1-3H3. The van der Waals surface area contributed by atoms with Crippen LogP contribution >= 0.6 is 0 Å². The third kappa shape index (κ3) is 4.68. The number of methoxy groups -OCH3 is 2. The molecule has 0 radical (unpaired) electrons. The van der Waals surface area contributed by atoms with Gasteiger partial charge in [0.15, 0.2) is 0 Å². The van der Waals surface area contributed by atoms with Crippen LogP contribution in [0.4, 0.5) is 4.39 Å². The van der Waals surface area contributed by atoms with Gasteiger partial charge in [-0.25, -0.2) is 4.39 Å². The number of rotatable bonds is 7. The number of halogens is 1. The van der Waals surface area contributed by atoms with Gasteiger partial charge in [-0.3, -0.25) is 0 Å². The lowest BCUT2D eigenvalue weighted by Crippen LogP contribution is -2.35. The summed E-state index contributed by atoms with van der Waals surface area (Å²) in [5, 5.41) is 13.7. The molecule has 5 heteroatoms. The summed E-state index contributed by atoms with van der Waals surface area (Å²) in [6.45, 7) is 2.57. The van der Waals surface area contributed by atoms with Crippen LogP contribution in [0.25, 0.3) is 0 Å². The zero-order valence-electron chi connectivity index (χ0n) is 13.6. The molecule has 2 aromatic carbocycles. The van der Waals surface area contributed by atoms with Crippen molar-refractivity contribution in [2.75, 3.05) is 20.8 Å². The number of benzene rings is 2. The molecule has 1 atom stereocenters. The summed E-state index contributed by atoms with van der Waals surface area (Å²) in [4.78, 5) is 0. The van der Waals surface area contributed by atoms with Gasteiger partial charge in [-0.2, -0.15) is 0 Å². The molecule has 2 rings (SSSR count). The van der Waals surface area contributed by atoms with E-state index in [1.807, 2.05) is 12.1 Å². The van der Waals surface area contributed by atoms with Gasteiger partial charge in [-0.15, -0.1) is 0 Å². The van der Waals surface area contributed by atoms with Crippen LogP contribution in [0.1, 0.15) is 18.1 Å². The molecule has 4 nitrogen and oxygen atoms in total. The first kappa shape index (κ1) is 17.2. The summed E-state index contributed by atoms with van der Waals surface area (Å²) in [6.07, 6.45) is 0. The van der Waals surface area contributed by atoms with Crippen molar-refractivity contribution in [3.05, 3.63) is 59.4 Å². The third-order valence-corrected chi connectivity index (χ3v) is 3.68. The van der Waals surface area contributed by atoms with Crippen molar-refractivity contribution in [3.63, 3.8) is 0 Å². The maximum Gasteiger partial charge on any atom is 0.123 e. The van der Waals surface area contributed by atoms with Crippen molar-refractivity contribution in [2.45, 2.75) is 19.1 Å². The summed E-state index contributed by atoms with van der Waals surface area (Å²) in [5.41, 5.74) is 0.558. The Morgan fingerprint density at radius 2 is 1.61 bits per heavy atom. The SMILES string of the molecule is COc1cc(CNCC(C)(O)c2ccc(F)cc2)cc(OC)c1. The fraction of sp³-hybridized carbons (Fsp3) is 0.333. The lowest BCUT2D eigenvalue weighted by molar-refractivity contribution is 0.0566. The molecule has 0 aliphatic carbocycles. The molecule has 0 aliphatic rings. The highest BCUT2D eigenvalue weighted by Gasteiger charge is 2.22. The Morgan fingerprint density at radius 3 is 2.13 bits per heavy atom. The second-order valence-corrected chi connectivity index (χ2v) is 5.61. The highest BCUT2D eigenvalue weighted by molar-refractivity contribution is 5.38. The monoisotopic (exact) mass is 319 g/mol. The van der Waals surface area contributed by atoms with E-state index in [4.69, 9.17) is 9.47 Å². The Balaban J connectivity index is 1.99. The highest BCUT2D eigenvalue weighted by atomic mass is 19.1. The van der Waals surface area contributed by atoms with Crippen molar-refractivity contribution in [1.29, 1.82) is 0 Å². The van der Waals surface area contributed by atoms with Gasteiger partial charge in [0, 0.05) is 19.2 Å². The van der Waals surface area contributed by atoms with Crippen LogP contribution in [0.15, 0.2) is 42.5 Å². The van der Waals surface area contributed by atoms with Crippen LogP contribution in [-0.2, 0) is 12.1 Å². The van der Waals surface area contributed by atoms with Crippen molar-refractivity contribution < 1.29 is 19.0 Å². The van der Waals surface area contributed by atoms with E-state index in [1.165, 1.54) is 12.1 Å². The minimum absolute atomic E-state index is 0.319. The van der Waals surface area contributed by atoms with Crippen LogP contribution in [0.5, 0.6) is 11.5 Å². The molecule has 0 bridgehead atoms. The zero-order valence-corrected chi connectivity index (χ0v) is 13.6. The topological polar surface area (TPSA) is 50.7 Å². The normalized spacial score (nSPS) is 13.4. The van der Waals surface area contributed by atoms with Gasteiger partial charge >= 0.3 is 0 Å². The van der Waals surface area contributed by atoms with Gasteiger partial charge < -0.3 is 19.9 Å². The fourth-order valence-corrected chi connectivity index (χ4v) is 2.33. The first-order valence-corrected chi connectivity index (χ1v) is 7.35. The third-order valence-electron chi connectivity index (χ3n) is 3.68. The fourth-order valence-electron chi connectivity index (χ4n) is 2.33. The van der Waals surface area contributed by atoms with E-state index >= 15 is 0 Å². The Bertz CT molecular complexity index is 619. The molecule has 23 heavy (non-hydrogen) atoms. The van der Waals surface area contributed by atoms with E-state index in [0.29, 0.717) is 30.2 Å². The molecule has 0 saturated carbocycles. The molecule has 0 spiro atoms. The number of nitrogens with one attached hydrogen (secondary N) is 1. The van der Waals surface area contributed by atoms with E-state index < -0.39 is 5.60 Å². The molecule has 0 fully saturated rings. The number of aliphatic hydroxyl groups is 1. The number of hydrogen-bond donors (Lipinski definition) is 2. The molecular formula is C18H22FNO3. The van der Waals surface area contributed by atoms with Gasteiger partial charge in [0.05, 0.1) is 19.8 Å². The van der Waals surface area contributed by atoms with Gasteiger partial charge in [0.2, 0.25) is 0 Å². The first-order chi connectivity index (χ1) is 10.9.